The fourth-order valence-electron chi connectivity index (χ4n) is 0.729. The molecule has 0 aliphatic carbocycles. The molecule has 0 aromatic carbocycles. The third-order valence-electron chi connectivity index (χ3n) is 1.47. The second-order valence-corrected chi connectivity index (χ2v) is 3.72. The highest BCUT2D eigenvalue weighted by Crippen LogP contribution is 2.24. The number of nitrogen functional groups attached to an aromatic ring is 1. The lowest BCUT2D eigenvalue weighted by Crippen LogP contribution is -2.11. The number of anilines is 1. The van der Waals surface area contributed by atoms with Crippen LogP contribution in [0.15, 0.2) is 4.42 Å². The van der Waals surface area contributed by atoms with Crippen molar-refractivity contribution in [2.45, 2.75) is 33.1 Å². The van der Waals surface area contributed by atoms with Gasteiger partial charge in [0.15, 0.2) is 0 Å². The van der Waals surface area contributed by atoms with Crippen LogP contribution in [0.2, 0.25) is 0 Å². The molecule has 62 valence electrons. The number of oxazole rings is 1. The lowest BCUT2D eigenvalue weighted by Gasteiger charge is -2.11. The van der Waals surface area contributed by atoms with Crippen molar-refractivity contribution in [2.75, 3.05) is 5.73 Å². The zero-order chi connectivity index (χ0) is 8.65. The normalized spacial score (nSPS) is 12.0. The van der Waals surface area contributed by atoms with Crippen LogP contribution in [0.5, 0.6) is 0 Å². The SMILES string of the molecule is Cc1nc(C(C)(C)C)oc1N. The van der Waals surface area contributed by atoms with Gasteiger partial charge in [-0.25, -0.2) is 4.98 Å². The summed E-state index contributed by atoms with van der Waals surface area (Å²) < 4.78 is 5.25. The molecule has 0 aliphatic heterocycles. The molecule has 0 spiro atoms. The van der Waals surface area contributed by atoms with E-state index in [0.29, 0.717) is 11.8 Å². The summed E-state index contributed by atoms with van der Waals surface area (Å²) in [4.78, 5) is 4.19. The van der Waals surface area contributed by atoms with Gasteiger partial charge in [0.2, 0.25) is 11.8 Å². The van der Waals surface area contributed by atoms with Gasteiger partial charge in [0.1, 0.15) is 5.69 Å². The van der Waals surface area contributed by atoms with Gasteiger partial charge in [-0.2, -0.15) is 0 Å². The molecule has 2 N–H and O–H groups in total. The Morgan fingerprint density at radius 3 is 2.09 bits per heavy atom. The van der Waals surface area contributed by atoms with Gasteiger partial charge in [-0.15, -0.1) is 0 Å². The number of nitrogens with zero attached hydrogens (tertiary/aromatic N) is 1. The van der Waals surface area contributed by atoms with E-state index in [1.54, 1.807) is 0 Å². The zero-order valence-electron chi connectivity index (χ0n) is 7.43. The molecule has 0 aliphatic rings. The minimum absolute atomic E-state index is 0.0532. The highest BCUT2D eigenvalue weighted by Gasteiger charge is 2.20. The number of hydrogen-bond donors (Lipinski definition) is 1. The third-order valence-corrected chi connectivity index (χ3v) is 1.47. The van der Waals surface area contributed by atoms with Crippen LogP contribution in [0.1, 0.15) is 32.4 Å². The predicted octanol–water partition coefficient (Wildman–Crippen LogP) is 1.86. The standard InChI is InChI=1S/C8H14N2O/c1-5-6(9)11-7(10-5)8(2,3)4/h9H2,1-4H3. The first-order valence-corrected chi connectivity index (χ1v) is 3.64. The van der Waals surface area contributed by atoms with E-state index in [2.05, 4.69) is 4.98 Å². The van der Waals surface area contributed by atoms with E-state index in [4.69, 9.17) is 10.2 Å². The summed E-state index contributed by atoms with van der Waals surface area (Å²) >= 11 is 0. The number of aromatic nitrogens is 1. The van der Waals surface area contributed by atoms with Crippen molar-refractivity contribution in [2.24, 2.45) is 0 Å². The maximum atomic E-state index is 5.51. The molecule has 0 amide bonds. The molecular weight excluding hydrogens is 140 g/mol. The monoisotopic (exact) mass is 154 g/mol. The number of aryl methyl sites for hydroxylation is 1. The summed E-state index contributed by atoms with van der Waals surface area (Å²) in [5.74, 6) is 1.13. The Balaban J connectivity index is 3.08. The van der Waals surface area contributed by atoms with E-state index < -0.39 is 0 Å². The Labute approximate surface area is 66.6 Å². The van der Waals surface area contributed by atoms with Crippen LogP contribution < -0.4 is 5.73 Å². The summed E-state index contributed by atoms with van der Waals surface area (Å²) in [5, 5.41) is 0. The molecule has 0 radical (unpaired) electrons. The van der Waals surface area contributed by atoms with Gasteiger partial charge >= 0.3 is 0 Å². The summed E-state index contributed by atoms with van der Waals surface area (Å²) in [7, 11) is 0. The molecule has 3 nitrogen and oxygen atoms in total. The molecule has 0 saturated heterocycles. The highest BCUT2D eigenvalue weighted by molar-refractivity contribution is 5.30. The van der Waals surface area contributed by atoms with Gasteiger partial charge in [0, 0.05) is 5.41 Å². The van der Waals surface area contributed by atoms with Crippen molar-refractivity contribution in [1.82, 2.24) is 4.98 Å². The van der Waals surface area contributed by atoms with E-state index in [1.165, 1.54) is 0 Å². The first-order valence-electron chi connectivity index (χ1n) is 3.64. The van der Waals surface area contributed by atoms with Crippen molar-refractivity contribution >= 4 is 5.88 Å². The molecule has 0 atom stereocenters. The first kappa shape index (κ1) is 8.11. The Hall–Kier alpha value is -0.990. The Morgan fingerprint density at radius 2 is 1.91 bits per heavy atom. The fourth-order valence-corrected chi connectivity index (χ4v) is 0.729. The van der Waals surface area contributed by atoms with Gasteiger partial charge in [-0.1, -0.05) is 20.8 Å². The van der Waals surface area contributed by atoms with Crippen molar-refractivity contribution in [3.63, 3.8) is 0 Å². The van der Waals surface area contributed by atoms with Gasteiger partial charge in [0.05, 0.1) is 0 Å². The van der Waals surface area contributed by atoms with Crippen molar-refractivity contribution in [3.8, 4) is 0 Å². The Morgan fingerprint density at radius 1 is 1.36 bits per heavy atom. The molecule has 1 heterocycles. The van der Waals surface area contributed by atoms with Crippen LogP contribution in [0, 0.1) is 6.92 Å². The van der Waals surface area contributed by atoms with E-state index in [9.17, 15) is 0 Å². The van der Waals surface area contributed by atoms with Gasteiger partial charge < -0.3 is 10.2 Å². The molecule has 1 aromatic rings. The van der Waals surface area contributed by atoms with Crippen LogP contribution in [0.4, 0.5) is 5.88 Å². The van der Waals surface area contributed by atoms with Crippen LogP contribution >= 0.6 is 0 Å². The summed E-state index contributed by atoms with van der Waals surface area (Å²) in [6.45, 7) is 7.96. The topological polar surface area (TPSA) is 52.0 Å². The summed E-state index contributed by atoms with van der Waals surface area (Å²) in [6.07, 6.45) is 0. The van der Waals surface area contributed by atoms with E-state index in [0.717, 1.165) is 5.69 Å². The van der Waals surface area contributed by atoms with Gasteiger partial charge in [0.25, 0.3) is 0 Å². The lowest BCUT2D eigenvalue weighted by atomic mass is 9.97. The molecule has 0 fully saturated rings. The van der Waals surface area contributed by atoms with Gasteiger partial charge in [-0.05, 0) is 6.92 Å². The van der Waals surface area contributed by atoms with Gasteiger partial charge in [-0.3, -0.25) is 0 Å². The quantitative estimate of drug-likeness (QED) is 0.620. The zero-order valence-corrected chi connectivity index (χ0v) is 7.43. The largest absolute Gasteiger partial charge is 0.425 e. The van der Waals surface area contributed by atoms with Crippen LogP contribution in [0.25, 0.3) is 0 Å². The predicted molar refractivity (Wildman–Crippen MR) is 44.4 cm³/mol. The molecule has 0 bridgehead atoms. The Kier molecular flexibility index (Phi) is 1.66. The minimum atomic E-state index is -0.0532. The average molecular weight is 154 g/mol. The molecule has 1 rings (SSSR count). The van der Waals surface area contributed by atoms with E-state index in [-0.39, 0.29) is 5.41 Å². The number of nitrogens with two attached hydrogens (primary N) is 1. The lowest BCUT2D eigenvalue weighted by molar-refractivity contribution is 0.401. The maximum absolute atomic E-state index is 5.51. The average Bonchev–Trinajstić information content (AvgIpc) is 2.11. The molecular formula is C8H14N2O. The second kappa shape index (κ2) is 2.26. The van der Waals surface area contributed by atoms with Crippen molar-refractivity contribution in [1.29, 1.82) is 0 Å². The number of hydrogen-bond acceptors (Lipinski definition) is 3. The summed E-state index contributed by atoms with van der Waals surface area (Å²) in [5.41, 5.74) is 6.23. The smallest absolute Gasteiger partial charge is 0.214 e. The Bertz CT molecular complexity index is 238. The van der Waals surface area contributed by atoms with E-state index >= 15 is 0 Å². The summed E-state index contributed by atoms with van der Waals surface area (Å²) in [6, 6.07) is 0. The highest BCUT2D eigenvalue weighted by atomic mass is 16.4. The number of rotatable bonds is 0. The van der Waals surface area contributed by atoms with E-state index in [1.807, 2.05) is 27.7 Å². The molecule has 1 aromatic heterocycles. The van der Waals surface area contributed by atoms with Crippen LogP contribution in [0.3, 0.4) is 0 Å². The van der Waals surface area contributed by atoms with Crippen molar-refractivity contribution < 1.29 is 4.42 Å². The minimum Gasteiger partial charge on any atom is -0.425 e. The molecule has 0 saturated carbocycles. The second-order valence-electron chi connectivity index (χ2n) is 3.72. The molecule has 11 heavy (non-hydrogen) atoms. The van der Waals surface area contributed by atoms with Crippen LogP contribution in [-0.2, 0) is 5.41 Å². The maximum Gasteiger partial charge on any atom is 0.214 e. The third kappa shape index (κ3) is 1.53. The van der Waals surface area contributed by atoms with Crippen LogP contribution in [-0.4, -0.2) is 4.98 Å². The first-order chi connectivity index (χ1) is 4.91. The molecule has 3 heteroatoms. The van der Waals surface area contributed by atoms with Crippen molar-refractivity contribution in [3.05, 3.63) is 11.6 Å². The molecule has 0 unspecified atom stereocenters. The fraction of sp³-hybridized carbons (Fsp3) is 0.625.